The molecule has 0 aromatic carbocycles. The number of fused-ring (bicyclic) bond motifs is 1. The number of rotatable bonds is 3. The van der Waals surface area contributed by atoms with E-state index in [-0.39, 0.29) is 34.7 Å². The Bertz CT molecular complexity index is 907. The van der Waals surface area contributed by atoms with E-state index < -0.39 is 0 Å². The van der Waals surface area contributed by atoms with Crippen LogP contribution in [-0.2, 0) is 0 Å². The Morgan fingerprint density at radius 3 is 2.71 bits per heavy atom. The summed E-state index contributed by atoms with van der Waals surface area (Å²) in [6.07, 6.45) is 1.37. The number of nitrogens with two attached hydrogens (primary N) is 1. The molecule has 0 saturated carbocycles. The van der Waals surface area contributed by atoms with Crippen LogP contribution in [0, 0.1) is 0 Å². The van der Waals surface area contributed by atoms with Crippen molar-refractivity contribution in [3.05, 3.63) is 6.33 Å². The summed E-state index contributed by atoms with van der Waals surface area (Å²) in [5, 5.41) is 36.1. The van der Waals surface area contributed by atoms with Crippen molar-refractivity contribution in [2.24, 2.45) is 0 Å². The maximum absolute atomic E-state index is 5.59. The Balaban J connectivity index is 1.71. The van der Waals surface area contributed by atoms with Gasteiger partial charge in [-0.05, 0) is 20.6 Å². The minimum absolute atomic E-state index is 0.0436. The number of hydrogen-bond acceptors (Lipinski definition) is 13. The van der Waals surface area contributed by atoms with Gasteiger partial charge in [0, 0.05) is 0 Å². The maximum atomic E-state index is 5.59. The normalized spacial score (nSPS) is 11.0. The number of nitrogens with one attached hydrogen (secondary N) is 1. The van der Waals surface area contributed by atoms with Gasteiger partial charge in [-0.15, -0.1) is 25.5 Å². The lowest BCUT2D eigenvalue weighted by molar-refractivity contribution is 0.305. The van der Waals surface area contributed by atoms with Crippen LogP contribution in [-0.4, -0.2) is 50.6 Å². The second-order valence-corrected chi connectivity index (χ2v) is 3.68. The van der Waals surface area contributed by atoms with Crippen LogP contribution in [0.3, 0.4) is 0 Å². The topological polar surface area (TPSA) is 185 Å². The molecule has 14 heteroatoms. The molecule has 0 aliphatic rings. The minimum Gasteiger partial charge on any atom is -0.379 e. The van der Waals surface area contributed by atoms with E-state index in [9.17, 15) is 0 Å². The fourth-order valence-corrected chi connectivity index (χ4v) is 1.52. The molecule has 0 spiro atoms. The summed E-state index contributed by atoms with van der Waals surface area (Å²) in [4.78, 5) is 0. The molecule has 0 atom stereocenters. The van der Waals surface area contributed by atoms with Crippen LogP contribution in [0.15, 0.2) is 15.6 Å². The van der Waals surface area contributed by atoms with Gasteiger partial charge in [-0.2, -0.15) is 4.52 Å². The van der Waals surface area contributed by atoms with Crippen molar-refractivity contribution in [2.75, 3.05) is 11.1 Å². The molecule has 4 aromatic rings. The highest BCUT2D eigenvalue weighted by atomic mass is 16.6. The van der Waals surface area contributed by atoms with E-state index in [1.54, 1.807) is 0 Å². The molecule has 21 heavy (non-hydrogen) atoms. The van der Waals surface area contributed by atoms with Crippen LogP contribution in [0.4, 0.5) is 17.6 Å². The quantitative estimate of drug-likeness (QED) is 0.452. The summed E-state index contributed by atoms with van der Waals surface area (Å²) in [7, 11) is 0. The third-order valence-corrected chi connectivity index (χ3v) is 2.41. The summed E-state index contributed by atoms with van der Waals surface area (Å²) < 4.78 is 10.5. The first-order valence-corrected chi connectivity index (χ1v) is 5.40. The lowest BCUT2D eigenvalue weighted by Crippen LogP contribution is -2.05. The highest BCUT2D eigenvalue weighted by molar-refractivity contribution is 5.75. The molecule has 0 fully saturated rings. The first kappa shape index (κ1) is 11.1. The molecule has 0 saturated heterocycles. The van der Waals surface area contributed by atoms with Gasteiger partial charge in [-0.1, -0.05) is 0 Å². The van der Waals surface area contributed by atoms with Gasteiger partial charge in [0.15, 0.2) is 17.2 Å². The summed E-state index contributed by atoms with van der Waals surface area (Å²) in [6, 6.07) is 0. The Hall–Kier alpha value is -3.71. The lowest BCUT2D eigenvalue weighted by atomic mass is 10.3. The Morgan fingerprint density at radius 1 is 1.00 bits per heavy atom. The van der Waals surface area contributed by atoms with Crippen LogP contribution >= 0.6 is 0 Å². The molecule has 0 amide bonds. The highest BCUT2D eigenvalue weighted by Crippen LogP contribution is 2.27. The van der Waals surface area contributed by atoms with E-state index >= 15 is 0 Å². The van der Waals surface area contributed by atoms with Crippen molar-refractivity contribution < 1.29 is 9.26 Å². The number of nitrogens with zero attached hydrogens (tertiary/aromatic N) is 10. The van der Waals surface area contributed by atoms with E-state index in [0.717, 1.165) is 0 Å². The zero-order valence-corrected chi connectivity index (χ0v) is 9.94. The molecular weight excluding hydrogens is 284 g/mol. The van der Waals surface area contributed by atoms with E-state index in [1.807, 2.05) is 0 Å². The largest absolute Gasteiger partial charge is 0.379 e. The van der Waals surface area contributed by atoms with Gasteiger partial charge < -0.3 is 11.1 Å². The molecule has 14 nitrogen and oxygen atoms in total. The summed E-state index contributed by atoms with van der Waals surface area (Å²) >= 11 is 0. The highest BCUT2D eigenvalue weighted by Gasteiger charge is 2.20. The van der Waals surface area contributed by atoms with E-state index in [1.165, 1.54) is 10.8 Å². The molecular formula is C7H4N12O2. The third kappa shape index (κ3) is 1.78. The van der Waals surface area contributed by atoms with Gasteiger partial charge in [0.2, 0.25) is 5.82 Å². The van der Waals surface area contributed by atoms with Crippen molar-refractivity contribution in [3.63, 3.8) is 0 Å². The molecule has 104 valence electrons. The molecule has 0 aliphatic heterocycles. The standard InChI is InChI=1S/C7H4N12O2/c8-4-2(15-20-17-4)3-5(18-21-16-3)10-6-11-13-7-12-9-1-19(7)14-6/h1H,(H2,8,17)(H,10,14,18). The zero-order chi connectivity index (χ0) is 14.2. The number of nitrogen functional groups attached to an aromatic ring is 1. The van der Waals surface area contributed by atoms with Gasteiger partial charge in [-0.3, -0.25) is 0 Å². The maximum Gasteiger partial charge on any atom is 0.290 e. The van der Waals surface area contributed by atoms with Gasteiger partial charge >= 0.3 is 0 Å². The zero-order valence-electron chi connectivity index (χ0n) is 9.94. The SMILES string of the molecule is Nc1nonc1-c1nonc1Nc1nnc2nncn2n1. The van der Waals surface area contributed by atoms with Crippen LogP contribution in [0.1, 0.15) is 0 Å². The van der Waals surface area contributed by atoms with E-state index in [2.05, 4.69) is 60.7 Å². The Morgan fingerprint density at radius 2 is 1.86 bits per heavy atom. The predicted octanol–water partition coefficient (Wildman–Crippen LogP) is -1.33. The van der Waals surface area contributed by atoms with E-state index in [4.69, 9.17) is 5.73 Å². The Kier molecular flexibility index (Phi) is 2.20. The second-order valence-electron chi connectivity index (χ2n) is 3.68. The first-order chi connectivity index (χ1) is 10.3. The molecule has 4 aromatic heterocycles. The Labute approximate surface area is 113 Å². The van der Waals surface area contributed by atoms with Gasteiger partial charge in [0.1, 0.15) is 6.33 Å². The van der Waals surface area contributed by atoms with Crippen LogP contribution in [0.25, 0.3) is 17.2 Å². The van der Waals surface area contributed by atoms with Crippen molar-refractivity contribution in [2.45, 2.75) is 0 Å². The van der Waals surface area contributed by atoms with Crippen molar-refractivity contribution >= 4 is 23.4 Å². The number of anilines is 3. The summed E-state index contributed by atoms with van der Waals surface area (Å²) in [5.41, 5.74) is 5.96. The monoisotopic (exact) mass is 288 g/mol. The molecule has 3 N–H and O–H groups in total. The van der Waals surface area contributed by atoms with Crippen molar-refractivity contribution in [1.29, 1.82) is 0 Å². The van der Waals surface area contributed by atoms with Crippen molar-refractivity contribution in [1.82, 2.24) is 50.6 Å². The fraction of sp³-hybridized carbons (Fsp3) is 0. The molecule has 0 aliphatic carbocycles. The third-order valence-electron chi connectivity index (χ3n) is 2.41. The smallest absolute Gasteiger partial charge is 0.290 e. The molecule has 4 heterocycles. The van der Waals surface area contributed by atoms with E-state index in [0.29, 0.717) is 0 Å². The van der Waals surface area contributed by atoms with Gasteiger partial charge in [0.25, 0.3) is 11.7 Å². The van der Waals surface area contributed by atoms with Crippen LogP contribution < -0.4 is 11.1 Å². The summed E-state index contributed by atoms with van der Waals surface area (Å²) in [6.45, 7) is 0. The predicted molar refractivity (Wildman–Crippen MR) is 61.7 cm³/mol. The number of hydrogen-bond donors (Lipinski definition) is 2. The molecule has 4 rings (SSSR count). The fourth-order valence-electron chi connectivity index (χ4n) is 1.52. The molecule has 0 unspecified atom stereocenters. The second kappa shape index (κ2) is 4.15. The van der Waals surface area contributed by atoms with Crippen LogP contribution in [0.5, 0.6) is 0 Å². The van der Waals surface area contributed by atoms with Gasteiger partial charge in [-0.25, -0.2) is 9.26 Å². The number of aromatic nitrogens is 10. The first-order valence-electron chi connectivity index (χ1n) is 5.40. The average molecular weight is 288 g/mol. The van der Waals surface area contributed by atoms with Crippen molar-refractivity contribution in [3.8, 4) is 11.4 Å². The minimum atomic E-state index is 0.0436. The lowest BCUT2D eigenvalue weighted by Gasteiger charge is -1.99. The van der Waals surface area contributed by atoms with Gasteiger partial charge in [0.05, 0.1) is 0 Å². The molecule has 0 bridgehead atoms. The summed E-state index contributed by atoms with van der Waals surface area (Å²) in [5.74, 6) is 0.590. The average Bonchev–Trinajstić information content (AvgIpc) is 3.18. The van der Waals surface area contributed by atoms with Crippen LogP contribution in [0.2, 0.25) is 0 Å². The molecule has 0 radical (unpaired) electrons.